The molecule has 228 valence electrons. The average Bonchev–Trinajstić information content (AvgIpc) is 3.53. The number of H-pyrrole nitrogens is 1. The van der Waals surface area contributed by atoms with E-state index < -0.39 is 63.9 Å². The van der Waals surface area contributed by atoms with E-state index in [-0.39, 0.29) is 36.9 Å². The summed E-state index contributed by atoms with van der Waals surface area (Å²) >= 11 is 0. The molecule has 4 aliphatic carbocycles. The number of hydrogen-bond acceptors (Lipinski definition) is 8. The Morgan fingerprint density at radius 1 is 1.31 bits per heavy atom. The van der Waals surface area contributed by atoms with Gasteiger partial charge < -0.3 is 25.9 Å². The molecule has 0 radical (unpaired) electrons. The fourth-order valence-electron chi connectivity index (χ4n) is 8.61. The molecule has 5 N–H and O–H groups in total. The van der Waals surface area contributed by atoms with E-state index >= 15 is 4.39 Å². The first-order chi connectivity index (χ1) is 19.6. The van der Waals surface area contributed by atoms with E-state index in [4.69, 9.17) is 10.5 Å². The number of Topliss-reactive ketones (excluding diaryl/α,β-unsaturated/α-hetero) is 1. The van der Waals surface area contributed by atoms with Crippen LogP contribution in [0.2, 0.25) is 0 Å². The Morgan fingerprint density at radius 3 is 2.64 bits per heavy atom. The van der Waals surface area contributed by atoms with Gasteiger partial charge in [-0.25, -0.2) is 14.2 Å². The number of ether oxygens (including phenoxy) is 1. The molecule has 5 rings (SSSR count). The number of aromatic amines is 1. The highest BCUT2D eigenvalue weighted by molar-refractivity contribution is 6.01. The van der Waals surface area contributed by atoms with E-state index in [1.165, 1.54) is 38.5 Å². The van der Waals surface area contributed by atoms with E-state index in [0.717, 1.165) is 0 Å². The van der Waals surface area contributed by atoms with Crippen LogP contribution in [-0.2, 0) is 30.3 Å². The second-order valence-electron chi connectivity index (χ2n) is 13.3. The Kier molecular flexibility index (Phi) is 7.37. The zero-order chi connectivity index (χ0) is 30.8. The molecule has 11 heteroatoms. The van der Waals surface area contributed by atoms with Crippen molar-refractivity contribution in [1.29, 1.82) is 0 Å². The second kappa shape index (κ2) is 10.2. The molecule has 0 bridgehead atoms. The van der Waals surface area contributed by atoms with Gasteiger partial charge in [0.15, 0.2) is 17.2 Å². The van der Waals surface area contributed by atoms with Crippen LogP contribution in [-0.4, -0.2) is 68.0 Å². The van der Waals surface area contributed by atoms with Crippen molar-refractivity contribution in [1.82, 2.24) is 15.3 Å². The number of carbonyl (C=O) groups is 4. The standard InChI is InChI=1S/C31H41FN4O6/c1-16-10-23-21-7-9-30(41,18(3)37)29(21,5)13-25(31(23,32)28(4)8-6-20(38)12-22(16)28)42-27(40)24(36-26(39)17(2)33)11-19-14-34-15-35-19/h6,8,12,14-17,21,23-25,41H,7,9-11,13,33H2,1-5H3,(H,34,35)(H,36,39)/t16-,17-,21-,23-,24-,25-,28-,29-,30-,31-/m0/s1. The zero-order valence-corrected chi connectivity index (χ0v) is 24.8. The van der Waals surface area contributed by atoms with Crippen molar-refractivity contribution >= 4 is 23.4 Å². The summed E-state index contributed by atoms with van der Waals surface area (Å²) in [6.45, 7) is 8.32. The van der Waals surface area contributed by atoms with Crippen LogP contribution < -0.4 is 11.1 Å². The predicted octanol–water partition coefficient (Wildman–Crippen LogP) is 2.27. The molecule has 0 saturated heterocycles. The van der Waals surface area contributed by atoms with Gasteiger partial charge in [-0.3, -0.25) is 14.4 Å². The molecule has 42 heavy (non-hydrogen) atoms. The second-order valence-corrected chi connectivity index (χ2v) is 13.3. The van der Waals surface area contributed by atoms with Gasteiger partial charge in [0, 0.05) is 35.1 Å². The SMILES string of the molecule is CC(=O)[C@@]1(O)CC[C@H]2[C@@H]3C[C@H](C)C4=CC(=O)C=C[C@]4(C)[C@@]3(F)[C@@H](OC(=O)[C@H](Cc3cnc[nH]3)NC(=O)[C@H](C)N)C[C@@]21C. The predicted molar refractivity (Wildman–Crippen MR) is 150 cm³/mol. The van der Waals surface area contributed by atoms with Crippen molar-refractivity contribution in [2.45, 2.75) is 96.2 Å². The molecule has 3 fully saturated rings. The van der Waals surface area contributed by atoms with E-state index in [2.05, 4.69) is 15.3 Å². The molecule has 1 amide bonds. The highest BCUT2D eigenvalue weighted by Gasteiger charge is 2.75. The third-order valence-electron chi connectivity index (χ3n) is 10.9. The molecule has 0 spiro atoms. The summed E-state index contributed by atoms with van der Waals surface area (Å²) in [6.07, 6.45) is 6.86. The molecule has 0 aromatic carbocycles. The van der Waals surface area contributed by atoms with E-state index in [1.807, 2.05) is 6.92 Å². The number of aliphatic hydroxyl groups is 1. The van der Waals surface area contributed by atoms with Crippen molar-refractivity contribution in [2.75, 3.05) is 0 Å². The number of imidazole rings is 1. The van der Waals surface area contributed by atoms with E-state index in [9.17, 15) is 24.3 Å². The smallest absolute Gasteiger partial charge is 0.329 e. The third-order valence-corrected chi connectivity index (χ3v) is 10.9. The number of nitrogens with two attached hydrogens (primary N) is 1. The number of allylic oxidation sites excluding steroid dienone is 4. The summed E-state index contributed by atoms with van der Waals surface area (Å²) in [6, 6.07) is -2.12. The van der Waals surface area contributed by atoms with Gasteiger partial charge in [0.2, 0.25) is 5.91 Å². The van der Waals surface area contributed by atoms with Crippen molar-refractivity contribution in [3.05, 3.63) is 42.0 Å². The van der Waals surface area contributed by atoms with Crippen LogP contribution in [0, 0.1) is 28.6 Å². The lowest BCUT2D eigenvalue weighted by atomic mass is 9.43. The molecule has 10 nitrogen and oxygen atoms in total. The molecule has 0 unspecified atom stereocenters. The molecule has 4 aliphatic rings. The summed E-state index contributed by atoms with van der Waals surface area (Å²) in [5, 5.41) is 14.4. The normalized spacial score (nSPS) is 40.2. The molecule has 1 aromatic heterocycles. The van der Waals surface area contributed by atoms with Gasteiger partial charge in [-0.2, -0.15) is 0 Å². The maximum absolute atomic E-state index is 18.4. The molecule has 3 saturated carbocycles. The minimum Gasteiger partial charge on any atom is -0.457 e. The number of carbonyl (C=O) groups excluding carboxylic acids is 4. The Labute approximate surface area is 244 Å². The Hall–Kier alpha value is -3.18. The minimum atomic E-state index is -2.16. The van der Waals surface area contributed by atoms with Crippen molar-refractivity contribution in [3.8, 4) is 0 Å². The molecule has 10 atom stereocenters. The van der Waals surface area contributed by atoms with Gasteiger partial charge in [0.1, 0.15) is 17.7 Å². The van der Waals surface area contributed by atoms with Gasteiger partial charge in [-0.15, -0.1) is 0 Å². The fraction of sp³-hybridized carbons (Fsp3) is 0.645. The van der Waals surface area contributed by atoms with E-state index in [1.54, 1.807) is 19.9 Å². The van der Waals surface area contributed by atoms with Crippen LogP contribution in [0.4, 0.5) is 4.39 Å². The van der Waals surface area contributed by atoms with E-state index in [0.29, 0.717) is 24.1 Å². The van der Waals surface area contributed by atoms with Crippen LogP contribution in [0.15, 0.2) is 36.3 Å². The number of esters is 1. The molecular weight excluding hydrogens is 543 g/mol. The number of rotatable bonds is 7. The number of nitrogens with one attached hydrogen (secondary N) is 2. The quantitative estimate of drug-likeness (QED) is 0.355. The van der Waals surface area contributed by atoms with Gasteiger partial charge in [-0.1, -0.05) is 25.5 Å². The summed E-state index contributed by atoms with van der Waals surface area (Å²) in [7, 11) is 0. The zero-order valence-electron chi connectivity index (χ0n) is 24.8. The number of nitrogens with zero attached hydrogens (tertiary/aromatic N) is 1. The molecule has 1 aromatic rings. The number of hydrogen-bond donors (Lipinski definition) is 4. The van der Waals surface area contributed by atoms with Crippen LogP contribution in [0.3, 0.4) is 0 Å². The number of halogens is 1. The number of aromatic nitrogens is 2. The Balaban J connectivity index is 1.59. The van der Waals surface area contributed by atoms with Crippen LogP contribution in [0.5, 0.6) is 0 Å². The number of ketones is 2. The first kappa shape index (κ1) is 30.3. The fourth-order valence-corrected chi connectivity index (χ4v) is 8.61. The lowest BCUT2D eigenvalue weighted by molar-refractivity contribution is -0.232. The van der Waals surface area contributed by atoms with Gasteiger partial charge in [0.05, 0.1) is 12.4 Å². The maximum atomic E-state index is 18.4. The highest BCUT2D eigenvalue weighted by Crippen LogP contribution is 2.71. The summed E-state index contributed by atoms with van der Waals surface area (Å²) in [4.78, 5) is 58.6. The largest absolute Gasteiger partial charge is 0.457 e. The topological polar surface area (TPSA) is 164 Å². The van der Waals surface area contributed by atoms with Gasteiger partial charge in [0.25, 0.3) is 0 Å². The average molecular weight is 585 g/mol. The van der Waals surface area contributed by atoms with Crippen molar-refractivity contribution in [2.24, 2.45) is 34.3 Å². The Bertz CT molecular complexity index is 1360. The summed E-state index contributed by atoms with van der Waals surface area (Å²) < 4.78 is 24.5. The van der Waals surface area contributed by atoms with Crippen molar-refractivity contribution in [3.63, 3.8) is 0 Å². The lowest BCUT2D eigenvalue weighted by Crippen LogP contribution is -2.70. The lowest BCUT2D eigenvalue weighted by Gasteiger charge is -2.64. The van der Waals surface area contributed by atoms with Crippen LogP contribution in [0.1, 0.15) is 66.0 Å². The monoisotopic (exact) mass is 584 g/mol. The number of alkyl halides is 1. The summed E-state index contributed by atoms with van der Waals surface area (Å²) in [5.74, 6) is -3.27. The first-order valence-corrected chi connectivity index (χ1v) is 14.7. The maximum Gasteiger partial charge on any atom is 0.329 e. The van der Waals surface area contributed by atoms with Crippen molar-refractivity contribution < 1.29 is 33.4 Å². The summed E-state index contributed by atoms with van der Waals surface area (Å²) in [5.41, 5.74) is 0.727. The number of fused-ring (bicyclic) bond motifs is 5. The van der Waals surface area contributed by atoms with Gasteiger partial charge in [-0.05, 0) is 70.4 Å². The minimum absolute atomic E-state index is 0.00212. The molecule has 1 heterocycles. The highest BCUT2D eigenvalue weighted by atomic mass is 19.1. The van der Waals surface area contributed by atoms with Crippen LogP contribution >= 0.6 is 0 Å². The van der Waals surface area contributed by atoms with Crippen LogP contribution in [0.25, 0.3) is 0 Å². The number of amides is 1. The Morgan fingerprint density at radius 2 is 2.02 bits per heavy atom. The third kappa shape index (κ3) is 4.30. The molecule has 0 aliphatic heterocycles. The molecular formula is C31H41FN4O6. The van der Waals surface area contributed by atoms with Gasteiger partial charge >= 0.3 is 5.97 Å². The first-order valence-electron chi connectivity index (χ1n) is 14.7.